The highest BCUT2D eigenvalue weighted by Crippen LogP contribution is 2.35. The van der Waals surface area contributed by atoms with Crippen LogP contribution in [0.2, 0.25) is 0 Å². The van der Waals surface area contributed by atoms with E-state index in [4.69, 9.17) is 9.47 Å². The topological polar surface area (TPSA) is 35.5 Å². The molecule has 0 aromatic heterocycles. The molecule has 2 rings (SSSR count). The zero-order valence-corrected chi connectivity index (χ0v) is 10.9. The van der Waals surface area contributed by atoms with Crippen LogP contribution in [0.4, 0.5) is 0 Å². The summed E-state index contributed by atoms with van der Waals surface area (Å²) in [7, 11) is 0. The van der Waals surface area contributed by atoms with Crippen molar-refractivity contribution in [2.24, 2.45) is 0 Å². The highest BCUT2D eigenvalue weighted by molar-refractivity contribution is 6.00. The average Bonchev–Trinajstić information content (AvgIpc) is 2.27. The lowest BCUT2D eigenvalue weighted by molar-refractivity contribution is 0.0619. The van der Waals surface area contributed by atoms with Crippen LogP contribution in [0.15, 0.2) is 18.2 Å². The first-order valence-electron chi connectivity index (χ1n) is 6.03. The summed E-state index contributed by atoms with van der Waals surface area (Å²) in [6, 6.07) is 5.19. The molecule has 1 heterocycles. The van der Waals surface area contributed by atoms with Crippen LogP contribution in [-0.2, 0) is 0 Å². The Bertz CT molecular complexity index is 532. The van der Waals surface area contributed by atoms with E-state index in [0.717, 1.165) is 6.42 Å². The van der Waals surface area contributed by atoms with Gasteiger partial charge in [-0.15, -0.1) is 0 Å². The van der Waals surface area contributed by atoms with Crippen molar-refractivity contribution >= 4 is 5.78 Å². The molecule has 3 heteroatoms. The van der Waals surface area contributed by atoms with Gasteiger partial charge in [0.1, 0.15) is 23.2 Å². The predicted octanol–water partition coefficient (Wildman–Crippen LogP) is 3.18. The number of fused-ring (bicyclic) bond motifs is 1. The molecule has 1 aromatic rings. The summed E-state index contributed by atoms with van der Waals surface area (Å²) >= 11 is 0. The average molecular weight is 244 g/mol. The number of Topliss-reactive ketones (excluding diaryl/α,β-unsaturated/α-hetero) is 1. The van der Waals surface area contributed by atoms with E-state index >= 15 is 0 Å². The van der Waals surface area contributed by atoms with Gasteiger partial charge >= 0.3 is 0 Å². The summed E-state index contributed by atoms with van der Waals surface area (Å²) < 4.78 is 11.1. The Balaban J connectivity index is 2.28. The van der Waals surface area contributed by atoms with E-state index in [9.17, 15) is 4.79 Å². The smallest absolute Gasteiger partial charge is 0.170 e. The van der Waals surface area contributed by atoms with Gasteiger partial charge in [0.2, 0.25) is 0 Å². The molecule has 1 aliphatic heterocycles. The van der Waals surface area contributed by atoms with Crippen LogP contribution in [0.5, 0.6) is 11.5 Å². The number of hydrogen-bond donors (Lipinski definition) is 0. The molecule has 0 saturated carbocycles. The monoisotopic (exact) mass is 244 g/mol. The molecule has 94 valence electrons. The zero-order valence-electron chi connectivity index (χ0n) is 10.9. The molecule has 18 heavy (non-hydrogen) atoms. The van der Waals surface area contributed by atoms with Crippen molar-refractivity contribution in [3.05, 3.63) is 23.8 Å². The summed E-state index contributed by atoms with van der Waals surface area (Å²) in [5.74, 6) is 4.10. The minimum atomic E-state index is -0.461. The lowest BCUT2D eigenvalue weighted by Gasteiger charge is -2.31. The minimum absolute atomic E-state index is 0.104. The van der Waals surface area contributed by atoms with E-state index in [1.807, 2.05) is 20.8 Å². The van der Waals surface area contributed by atoms with Crippen molar-refractivity contribution in [1.82, 2.24) is 0 Å². The number of benzene rings is 1. The second-order valence-electron chi connectivity index (χ2n) is 4.85. The first kappa shape index (κ1) is 12.5. The fourth-order valence-electron chi connectivity index (χ4n) is 1.86. The van der Waals surface area contributed by atoms with Crippen molar-refractivity contribution in [3.63, 3.8) is 0 Å². The van der Waals surface area contributed by atoms with E-state index in [-0.39, 0.29) is 5.78 Å². The van der Waals surface area contributed by atoms with E-state index in [1.165, 1.54) is 0 Å². The van der Waals surface area contributed by atoms with Crippen molar-refractivity contribution in [1.29, 1.82) is 0 Å². The van der Waals surface area contributed by atoms with Gasteiger partial charge in [-0.2, -0.15) is 0 Å². The number of hydrogen-bond acceptors (Lipinski definition) is 3. The molecule has 1 aromatic carbocycles. The SMILES string of the molecule is CCC#COc1ccc2c(c1)OC(C)(C)CC2=O. The van der Waals surface area contributed by atoms with Crippen molar-refractivity contribution in [2.45, 2.75) is 39.2 Å². The number of rotatable bonds is 1. The number of ether oxygens (including phenoxy) is 2. The van der Waals surface area contributed by atoms with Crippen molar-refractivity contribution in [3.8, 4) is 23.5 Å². The molecule has 3 nitrogen and oxygen atoms in total. The fourth-order valence-corrected chi connectivity index (χ4v) is 1.86. The Morgan fingerprint density at radius 1 is 1.44 bits per heavy atom. The van der Waals surface area contributed by atoms with E-state index in [2.05, 4.69) is 12.0 Å². The first-order chi connectivity index (χ1) is 8.52. The van der Waals surface area contributed by atoms with Crippen LogP contribution < -0.4 is 9.47 Å². The van der Waals surface area contributed by atoms with Crippen molar-refractivity contribution in [2.75, 3.05) is 0 Å². The minimum Gasteiger partial charge on any atom is -0.486 e. The molecule has 0 atom stereocenters. The number of carbonyl (C=O) groups excluding carboxylic acids is 1. The third kappa shape index (κ3) is 2.65. The zero-order chi connectivity index (χ0) is 13.2. The van der Waals surface area contributed by atoms with Gasteiger partial charge in [-0.25, -0.2) is 0 Å². The van der Waals surface area contributed by atoms with Crippen LogP contribution in [0, 0.1) is 12.0 Å². The van der Waals surface area contributed by atoms with Gasteiger partial charge < -0.3 is 9.47 Å². The Labute approximate surface area is 107 Å². The van der Waals surface area contributed by atoms with E-state index in [1.54, 1.807) is 18.2 Å². The molecule has 1 aliphatic rings. The quantitative estimate of drug-likeness (QED) is 0.712. The molecular formula is C15H16O3. The Kier molecular flexibility index (Phi) is 3.29. The summed E-state index contributed by atoms with van der Waals surface area (Å²) in [6.07, 6.45) is 3.74. The van der Waals surface area contributed by atoms with Gasteiger partial charge in [-0.05, 0) is 26.0 Å². The van der Waals surface area contributed by atoms with Gasteiger partial charge in [0.15, 0.2) is 5.78 Å². The Morgan fingerprint density at radius 2 is 2.22 bits per heavy atom. The van der Waals surface area contributed by atoms with Gasteiger partial charge in [-0.3, -0.25) is 4.79 Å². The van der Waals surface area contributed by atoms with Gasteiger partial charge in [0, 0.05) is 12.5 Å². The highest BCUT2D eigenvalue weighted by atomic mass is 16.5. The van der Waals surface area contributed by atoms with E-state index < -0.39 is 5.60 Å². The van der Waals surface area contributed by atoms with Crippen molar-refractivity contribution < 1.29 is 14.3 Å². The summed E-state index contributed by atoms with van der Waals surface area (Å²) in [4.78, 5) is 11.9. The third-order valence-corrected chi connectivity index (χ3v) is 2.64. The largest absolute Gasteiger partial charge is 0.486 e. The maximum absolute atomic E-state index is 11.9. The van der Waals surface area contributed by atoms with Gasteiger partial charge in [0.25, 0.3) is 0 Å². The van der Waals surface area contributed by atoms with Crippen LogP contribution in [0.1, 0.15) is 44.0 Å². The van der Waals surface area contributed by atoms with Crippen LogP contribution >= 0.6 is 0 Å². The standard InChI is InChI=1S/C15H16O3/c1-4-5-8-17-11-6-7-12-13(16)10-15(2,3)18-14(12)9-11/h6-7,9H,4,10H2,1-3H3. The molecule has 0 saturated heterocycles. The normalized spacial score (nSPS) is 16.1. The molecular weight excluding hydrogens is 228 g/mol. The maximum atomic E-state index is 11.9. The van der Waals surface area contributed by atoms with Crippen LogP contribution in [-0.4, -0.2) is 11.4 Å². The lowest BCUT2D eigenvalue weighted by Crippen LogP contribution is -2.35. The summed E-state index contributed by atoms with van der Waals surface area (Å²) in [5.41, 5.74) is 0.155. The summed E-state index contributed by atoms with van der Waals surface area (Å²) in [6.45, 7) is 5.75. The van der Waals surface area contributed by atoms with Crippen LogP contribution in [0.3, 0.4) is 0 Å². The second kappa shape index (κ2) is 4.73. The summed E-state index contributed by atoms with van der Waals surface area (Å²) in [5, 5.41) is 0. The number of carbonyl (C=O) groups is 1. The molecule has 0 fully saturated rings. The maximum Gasteiger partial charge on any atom is 0.170 e. The molecule has 0 amide bonds. The molecule has 0 radical (unpaired) electrons. The van der Waals surface area contributed by atoms with E-state index in [0.29, 0.717) is 23.5 Å². The number of ketones is 1. The second-order valence-corrected chi connectivity index (χ2v) is 4.85. The Hall–Kier alpha value is -1.95. The Morgan fingerprint density at radius 3 is 2.94 bits per heavy atom. The first-order valence-corrected chi connectivity index (χ1v) is 6.03. The molecule has 0 bridgehead atoms. The van der Waals surface area contributed by atoms with Gasteiger partial charge in [-0.1, -0.05) is 12.8 Å². The van der Waals surface area contributed by atoms with Crippen LogP contribution in [0.25, 0.3) is 0 Å². The molecule has 0 unspecified atom stereocenters. The predicted molar refractivity (Wildman–Crippen MR) is 68.8 cm³/mol. The molecule has 0 N–H and O–H groups in total. The highest BCUT2D eigenvalue weighted by Gasteiger charge is 2.32. The lowest BCUT2D eigenvalue weighted by atomic mass is 9.93. The fraction of sp³-hybridized carbons (Fsp3) is 0.400. The molecule has 0 spiro atoms. The van der Waals surface area contributed by atoms with Gasteiger partial charge in [0.05, 0.1) is 12.0 Å². The third-order valence-electron chi connectivity index (χ3n) is 2.64. The molecule has 0 aliphatic carbocycles.